The van der Waals surface area contributed by atoms with Gasteiger partial charge in [0.25, 0.3) is 0 Å². The molecule has 0 unspecified atom stereocenters. The van der Waals surface area contributed by atoms with Gasteiger partial charge in [0.15, 0.2) is 0 Å². The van der Waals surface area contributed by atoms with Gasteiger partial charge in [-0.2, -0.15) is 0 Å². The van der Waals surface area contributed by atoms with Crippen LogP contribution in [-0.2, 0) is 0 Å². The van der Waals surface area contributed by atoms with Gasteiger partial charge in [0, 0.05) is 5.69 Å². The first-order valence-electron chi connectivity index (χ1n) is 4.09. The van der Waals surface area contributed by atoms with Crippen LogP contribution in [0.25, 0.3) is 0 Å². The number of para-hydroxylation sites is 1. The predicted molar refractivity (Wildman–Crippen MR) is 57.7 cm³/mol. The second kappa shape index (κ2) is 4.21. The minimum atomic E-state index is 0.893. The van der Waals surface area contributed by atoms with Gasteiger partial charge < -0.3 is 5.32 Å². The molecule has 1 aromatic carbocycles. The Balaban J connectivity index is 2.75. The van der Waals surface area contributed by atoms with Crippen molar-refractivity contribution in [1.29, 1.82) is 0 Å². The number of rotatable bonds is 2. The van der Waals surface area contributed by atoms with Crippen LogP contribution in [0.2, 0.25) is 0 Å². The maximum atomic E-state index is 5.09. The highest BCUT2D eigenvalue weighted by Gasteiger charge is 1.96. The number of thiocarbonyl (C=S) groups is 1. The zero-order valence-electron chi connectivity index (χ0n) is 7.42. The molecule has 0 aliphatic rings. The minimum absolute atomic E-state index is 0.893. The number of anilines is 1. The number of hydrogen-bond acceptors (Lipinski definition) is 1. The van der Waals surface area contributed by atoms with Crippen molar-refractivity contribution in [3.63, 3.8) is 0 Å². The zero-order valence-corrected chi connectivity index (χ0v) is 8.24. The maximum absolute atomic E-state index is 5.09. The summed E-state index contributed by atoms with van der Waals surface area (Å²) in [6, 6.07) is 8.14. The minimum Gasteiger partial charge on any atom is -0.350 e. The summed E-state index contributed by atoms with van der Waals surface area (Å²) in [7, 11) is 0. The monoisotopic (exact) mass is 179 g/mol. The highest BCUT2D eigenvalue weighted by molar-refractivity contribution is 7.80. The number of nitrogens with one attached hydrogen (secondary N) is 1. The lowest BCUT2D eigenvalue weighted by Gasteiger charge is -2.07. The molecule has 64 valence electrons. The van der Waals surface area contributed by atoms with E-state index in [1.807, 2.05) is 25.1 Å². The van der Waals surface area contributed by atoms with E-state index in [-0.39, 0.29) is 0 Å². The fraction of sp³-hybridized carbons (Fsp3) is 0.300. The second-order valence-electron chi connectivity index (χ2n) is 2.72. The fourth-order valence-electron chi connectivity index (χ4n) is 0.952. The van der Waals surface area contributed by atoms with Gasteiger partial charge in [-0.05, 0) is 25.0 Å². The summed E-state index contributed by atoms with van der Waals surface area (Å²) in [6.45, 7) is 4.12. The standard InChI is InChI=1S/C10H13NS/c1-3-10(12)11-9-7-5-4-6-8(9)2/h4-7H,3H2,1-2H3,(H,11,12). The lowest BCUT2D eigenvalue weighted by molar-refractivity contribution is 1.30. The molecule has 0 amide bonds. The van der Waals surface area contributed by atoms with Crippen LogP contribution in [0.4, 0.5) is 5.69 Å². The lowest BCUT2D eigenvalue weighted by Crippen LogP contribution is -2.07. The molecule has 0 aromatic heterocycles. The highest BCUT2D eigenvalue weighted by Crippen LogP contribution is 2.13. The average Bonchev–Trinajstić information content (AvgIpc) is 2.09. The van der Waals surface area contributed by atoms with Gasteiger partial charge in [0.2, 0.25) is 0 Å². The molecule has 0 spiro atoms. The van der Waals surface area contributed by atoms with Crippen LogP contribution in [0.1, 0.15) is 18.9 Å². The number of hydrogen-bond donors (Lipinski definition) is 1. The Morgan fingerprint density at radius 3 is 2.67 bits per heavy atom. The summed E-state index contributed by atoms with van der Waals surface area (Å²) in [6.07, 6.45) is 0.893. The smallest absolute Gasteiger partial charge is 0.0794 e. The van der Waals surface area contributed by atoms with E-state index in [1.54, 1.807) is 0 Å². The quantitative estimate of drug-likeness (QED) is 0.700. The van der Waals surface area contributed by atoms with Crippen LogP contribution in [-0.4, -0.2) is 4.99 Å². The van der Waals surface area contributed by atoms with Crippen LogP contribution < -0.4 is 5.32 Å². The van der Waals surface area contributed by atoms with Gasteiger partial charge in [0.1, 0.15) is 0 Å². The Hall–Kier alpha value is -0.890. The van der Waals surface area contributed by atoms with Crippen molar-refractivity contribution in [2.24, 2.45) is 0 Å². The molecule has 0 heterocycles. The molecular formula is C10H13NS. The van der Waals surface area contributed by atoms with E-state index in [0.29, 0.717) is 0 Å². The normalized spacial score (nSPS) is 9.50. The molecule has 0 fully saturated rings. The summed E-state index contributed by atoms with van der Waals surface area (Å²) < 4.78 is 0. The van der Waals surface area contributed by atoms with Crippen molar-refractivity contribution < 1.29 is 0 Å². The zero-order chi connectivity index (χ0) is 8.97. The summed E-state index contributed by atoms with van der Waals surface area (Å²) >= 11 is 5.09. The summed E-state index contributed by atoms with van der Waals surface area (Å²) in [5.41, 5.74) is 2.35. The maximum Gasteiger partial charge on any atom is 0.0794 e. The molecule has 0 bridgehead atoms. The molecule has 0 aliphatic heterocycles. The summed E-state index contributed by atoms with van der Waals surface area (Å²) in [4.78, 5) is 0.893. The van der Waals surface area contributed by atoms with Crippen molar-refractivity contribution in [2.45, 2.75) is 20.3 Å². The van der Waals surface area contributed by atoms with E-state index >= 15 is 0 Å². The molecule has 0 radical (unpaired) electrons. The molecule has 0 saturated heterocycles. The molecule has 0 atom stereocenters. The Morgan fingerprint density at radius 1 is 1.42 bits per heavy atom. The first-order valence-corrected chi connectivity index (χ1v) is 4.50. The fourth-order valence-corrected chi connectivity index (χ4v) is 1.06. The van der Waals surface area contributed by atoms with Crippen molar-refractivity contribution >= 4 is 22.9 Å². The third-order valence-corrected chi connectivity index (χ3v) is 2.13. The van der Waals surface area contributed by atoms with Crippen LogP contribution in [0.15, 0.2) is 24.3 Å². The van der Waals surface area contributed by atoms with E-state index in [0.717, 1.165) is 17.1 Å². The average molecular weight is 179 g/mol. The Kier molecular flexibility index (Phi) is 3.23. The largest absolute Gasteiger partial charge is 0.350 e. The van der Waals surface area contributed by atoms with Gasteiger partial charge in [-0.1, -0.05) is 37.3 Å². The van der Waals surface area contributed by atoms with Gasteiger partial charge in [0.05, 0.1) is 4.99 Å². The molecule has 12 heavy (non-hydrogen) atoms. The van der Waals surface area contributed by atoms with Gasteiger partial charge >= 0.3 is 0 Å². The van der Waals surface area contributed by atoms with Gasteiger partial charge in [-0.15, -0.1) is 0 Å². The molecule has 1 rings (SSSR count). The molecule has 1 N–H and O–H groups in total. The van der Waals surface area contributed by atoms with E-state index in [4.69, 9.17) is 12.2 Å². The van der Waals surface area contributed by atoms with Crippen molar-refractivity contribution in [2.75, 3.05) is 5.32 Å². The molecular weight excluding hydrogens is 166 g/mol. The van der Waals surface area contributed by atoms with E-state index in [9.17, 15) is 0 Å². The first-order chi connectivity index (χ1) is 5.74. The second-order valence-corrected chi connectivity index (χ2v) is 3.21. The van der Waals surface area contributed by atoms with Crippen LogP contribution in [0, 0.1) is 6.92 Å². The number of aryl methyl sites for hydroxylation is 1. The molecule has 0 aliphatic carbocycles. The van der Waals surface area contributed by atoms with Crippen LogP contribution in [0.3, 0.4) is 0 Å². The van der Waals surface area contributed by atoms with Crippen LogP contribution in [0.5, 0.6) is 0 Å². The Labute approximate surface area is 78.8 Å². The van der Waals surface area contributed by atoms with Gasteiger partial charge in [-0.3, -0.25) is 0 Å². The van der Waals surface area contributed by atoms with Crippen molar-refractivity contribution in [3.05, 3.63) is 29.8 Å². The van der Waals surface area contributed by atoms with Crippen molar-refractivity contribution in [1.82, 2.24) is 0 Å². The number of benzene rings is 1. The predicted octanol–water partition coefficient (Wildman–Crippen LogP) is 3.14. The SMILES string of the molecule is CCC(=S)Nc1ccccc1C. The van der Waals surface area contributed by atoms with E-state index < -0.39 is 0 Å². The Bertz CT molecular complexity index is 281. The van der Waals surface area contributed by atoms with Gasteiger partial charge in [-0.25, -0.2) is 0 Å². The first kappa shape index (κ1) is 9.20. The molecule has 1 aromatic rings. The highest BCUT2D eigenvalue weighted by atomic mass is 32.1. The van der Waals surface area contributed by atoms with Crippen molar-refractivity contribution in [3.8, 4) is 0 Å². The molecule has 0 saturated carbocycles. The topological polar surface area (TPSA) is 12.0 Å². The van der Waals surface area contributed by atoms with E-state index in [1.165, 1.54) is 5.56 Å². The summed E-state index contributed by atoms with van der Waals surface area (Å²) in [5.74, 6) is 0. The lowest BCUT2D eigenvalue weighted by atomic mass is 10.2. The molecule has 2 heteroatoms. The summed E-state index contributed by atoms with van der Waals surface area (Å²) in [5, 5.41) is 3.19. The third-order valence-electron chi connectivity index (χ3n) is 1.74. The van der Waals surface area contributed by atoms with E-state index in [2.05, 4.69) is 18.3 Å². The third kappa shape index (κ3) is 2.31. The van der Waals surface area contributed by atoms with Crippen LogP contribution >= 0.6 is 12.2 Å². The molecule has 1 nitrogen and oxygen atoms in total. The Morgan fingerprint density at radius 2 is 2.08 bits per heavy atom.